The van der Waals surface area contributed by atoms with Crippen LogP contribution in [0.2, 0.25) is 0 Å². The molecule has 0 aromatic heterocycles. The lowest BCUT2D eigenvalue weighted by Gasteiger charge is -2.41. The maximum absolute atomic E-state index is 12.3. The average molecular weight is 367 g/mol. The second-order valence-electron chi connectivity index (χ2n) is 7.08. The standard InChI is InChI=1S/C21H21NO5/c1-11(23)22-7-6-13-9-16-21(27-10-26-16)19-17(13)14(22)8-12-4-5-15(24-2)20(25-3)18(12)19/h4-5,9,14H,6-8,10H2,1-3H3. The zero-order valence-corrected chi connectivity index (χ0v) is 15.6. The number of amides is 1. The summed E-state index contributed by atoms with van der Waals surface area (Å²) in [5.74, 6) is 2.96. The maximum atomic E-state index is 12.3. The lowest BCUT2D eigenvalue weighted by molar-refractivity contribution is -0.131. The van der Waals surface area contributed by atoms with Gasteiger partial charge < -0.3 is 23.8 Å². The maximum Gasteiger partial charge on any atom is 0.231 e. The number of hydrogen-bond acceptors (Lipinski definition) is 5. The van der Waals surface area contributed by atoms with Crippen molar-refractivity contribution in [3.05, 3.63) is 34.9 Å². The van der Waals surface area contributed by atoms with Crippen molar-refractivity contribution in [2.24, 2.45) is 0 Å². The number of fused-ring (bicyclic) bond motifs is 4. The van der Waals surface area contributed by atoms with Gasteiger partial charge >= 0.3 is 0 Å². The van der Waals surface area contributed by atoms with Gasteiger partial charge in [-0.3, -0.25) is 4.79 Å². The van der Waals surface area contributed by atoms with Crippen molar-refractivity contribution < 1.29 is 23.7 Å². The topological polar surface area (TPSA) is 57.2 Å². The molecule has 2 aromatic carbocycles. The molecular formula is C21H21NO5. The van der Waals surface area contributed by atoms with Crippen molar-refractivity contribution in [1.29, 1.82) is 0 Å². The third-order valence-corrected chi connectivity index (χ3v) is 5.82. The van der Waals surface area contributed by atoms with Crippen molar-refractivity contribution in [1.82, 2.24) is 4.90 Å². The molecule has 1 atom stereocenters. The molecule has 2 aliphatic heterocycles. The van der Waals surface area contributed by atoms with Crippen LogP contribution in [0.5, 0.6) is 23.0 Å². The van der Waals surface area contributed by atoms with Crippen LogP contribution in [0.25, 0.3) is 11.1 Å². The van der Waals surface area contributed by atoms with Gasteiger partial charge in [-0.15, -0.1) is 0 Å². The molecule has 1 unspecified atom stereocenters. The minimum Gasteiger partial charge on any atom is -0.493 e. The Hall–Kier alpha value is -2.89. The Labute approximate surface area is 157 Å². The molecule has 1 aliphatic carbocycles. The van der Waals surface area contributed by atoms with E-state index in [2.05, 4.69) is 12.1 Å². The minimum absolute atomic E-state index is 0.00125. The molecule has 0 N–H and O–H groups in total. The number of carbonyl (C=O) groups excluding carboxylic acids is 1. The summed E-state index contributed by atoms with van der Waals surface area (Å²) in [6.45, 7) is 2.56. The van der Waals surface area contributed by atoms with E-state index in [4.69, 9.17) is 18.9 Å². The van der Waals surface area contributed by atoms with Crippen LogP contribution in [-0.2, 0) is 17.6 Å². The van der Waals surface area contributed by atoms with Gasteiger partial charge in [0.25, 0.3) is 0 Å². The molecule has 140 valence electrons. The smallest absolute Gasteiger partial charge is 0.231 e. The fourth-order valence-electron chi connectivity index (χ4n) is 4.71. The lowest BCUT2D eigenvalue weighted by Crippen LogP contribution is -2.41. The number of hydrogen-bond donors (Lipinski definition) is 0. The van der Waals surface area contributed by atoms with Gasteiger partial charge in [0.05, 0.1) is 20.3 Å². The van der Waals surface area contributed by atoms with Gasteiger partial charge in [0.15, 0.2) is 23.0 Å². The first-order chi connectivity index (χ1) is 13.1. The molecule has 2 heterocycles. The molecule has 1 amide bonds. The molecule has 6 nitrogen and oxygen atoms in total. The average Bonchev–Trinajstić information content (AvgIpc) is 3.14. The van der Waals surface area contributed by atoms with Crippen LogP contribution in [0.3, 0.4) is 0 Å². The van der Waals surface area contributed by atoms with Gasteiger partial charge in [0, 0.05) is 24.6 Å². The van der Waals surface area contributed by atoms with E-state index in [1.165, 1.54) is 5.56 Å². The molecule has 0 saturated carbocycles. The number of benzene rings is 2. The minimum atomic E-state index is 0.00125. The van der Waals surface area contributed by atoms with Crippen LogP contribution < -0.4 is 18.9 Å². The van der Waals surface area contributed by atoms with E-state index >= 15 is 0 Å². The zero-order valence-electron chi connectivity index (χ0n) is 15.6. The molecule has 2 aromatic rings. The lowest BCUT2D eigenvalue weighted by atomic mass is 9.76. The Balaban J connectivity index is 1.86. The quantitative estimate of drug-likeness (QED) is 0.816. The van der Waals surface area contributed by atoms with Crippen LogP contribution in [0.4, 0.5) is 0 Å². The Bertz CT molecular complexity index is 968. The molecule has 0 bridgehead atoms. The number of carbonyl (C=O) groups is 1. The number of ether oxygens (including phenoxy) is 4. The van der Waals surface area contributed by atoms with Gasteiger partial charge in [-0.1, -0.05) is 6.07 Å². The largest absolute Gasteiger partial charge is 0.493 e. The first-order valence-electron chi connectivity index (χ1n) is 9.10. The molecular weight excluding hydrogens is 346 g/mol. The Morgan fingerprint density at radius 3 is 2.74 bits per heavy atom. The molecule has 3 aliphatic rings. The van der Waals surface area contributed by atoms with E-state index in [1.54, 1.807) is 21.1 Å². The highest BCUT2D eigenvalue weighted by molar-refractivity contribution is 5.89. The molecule has 0 fully saturated rings. The molecule has 0 saturated heterocycles. The SMILES string of the molecule is COc1ccc2c(c1OC)-c1c3c(cc4c1C(C2)N(C(C)=O)CC4)OCO3. The summed E-state index contributed by atoms with van der Waals surface area (Å²) in [5.41, 5.74) is 5.45. The molecule has 5 rings (SSSR count). The van der Waals surface area contributed by atoms with Crippen LogP contribution >= 0.6 is 0 Å². The van der Waals surface area contributed by atoms with E-state index in [9.17, 15) is 4.79 Å². The van der Waals surface area contributed by atoms with Crippen LogP contribution in [-0.4, -0.2) is 38.4 Å². The number of methoxy groups -OCH3 is 2. The van der Waals surface area contributed by atoms with Crippen molar-refractivity contribution in [3.8, 4) is 34.1 Å². The Morgan fingerprint density at radius 2 is 2.00 bits per heavy atom. The summed E-state index contributed by atoms with van der Waals surface area (Å²) < 4.78 is 22.9. The molecule has 27 heavy (non-hydrogen) atoms. The summed E-state index contributed by atoms with van der Waals surface area (Å²) in [4.78, 5) is 14.3. The molecule has 0 radical (unpaired) electrons. The zero-order chi connectivity index (χ0) is 18.7. The van der Waals surface area contributed by atoms with E-state index in [0.29, 0.717) is 18.0 Å². The molecule has 0 spiro atoms. The third kappa shape index (κ3) is 2.16. The van der Waals surface area contributed by atoms with E-state index in [-0.39, 0.29) is 18.7 Å². The van der Waals surface area contributed by atoms with Gasteiger partial charge in [-0.2, -0.15) is 0 Å². The van der Waals surface area contributed by atoms with E-state index < -0.39 is 0 Å². The van der Waals surface area contributed by atoms with Gasteiger partial charge in [0.1, 0.15) is 0 Å². The van der Waals surface area contributed by atoms with Gasteiger partial charge in [-0.05, 0) is 41.7 Å². The molecule has 6 heteroatoms. The summed E-state index contributed by atoms with van der Waals surface area (Å²) in [5, 5.41) is 0. The summed E-state index contributed by atoms with van der Waals surface area (Å²) in [7, 11) is 3.29. The fraction of sp³-hybridized carbons (Fsp3) is 0.381. The third-order valence-electron chi connectivity index (χ3n) is 5.82. The van der Waals surface area contributed by atoms with Crippen LogP contribution in [0, 0.1) is 0 Å². The fourth-order valence-corrected chi connectivity index (χ4v) is 4.71. The monoisotopic (exact) mass is 367 g/mol. The second kappa shape index (κ2) is 5.81. The number of rotatable bonds is 2. The van der Waals surface area contributed by atoms with Crippen molar-refractivity contribution in [2.45, 2.75) is 25.8 Å². The normalized spacial score (nSPS) is 18.6. The summed E-state index contributed by atoms with van der Waals surface area (Å²) in [6.07, 6.45) is 1.55. The van der Waals surface area contributed by atoms with Crippen LogP contribution in [0.15, 0.2) is 18.2 Å². The summed E-state index contributed by atoms with van der Waals surface area (Å²) in [6, 6.07) is 6.05. The van der Waals surface area contributed by atoms with Crippen LogP contribution in [0.1, 0.15) is 29.7 Å². The predicted molar refractivity (Wildman–Crippen MR) is 98.6 cm³/mol. The first-order valence-corrected chi connectivity index (χ1v) is 9.10. The summed E-state index contributed by atoms with van der Waals surface area (Å²) >= 11 is 0. The van der Waals surface area contributed by atoms with Crippen molar-refractivity contribution in [3.63, 3.8) is 0 Å². The van der Waals surface area contributed by atoms with Crippen molar-refractivity contribution in [2.75, 3.05) is 27.6 Å². The highest BCUT2D eigenvalue weighted by Crippen LogP contribution is 2.57. The highest BCUT2D eigenvalue weighted by Gasteiger charge is 2.41. The second-order valence-corrected chi connectivity index (χ2v) is 7.08. The van der Waals surface area contributed by atoms with E-state index in [1.807, 2.05) is 11.0 Å². The van der Waals surface area contributed by atoms with Gasteiger partial charge in [0.2, 0.25) is 12.7 Å². The Morgan fingerprint density at radius 1 is 1.15 bits per heavy atom. The number of nitrogens with zero attached hydrogens (tertiary/aromatic N) is 1. The Kier molecular flexibility index (Phi) is 3.50. The predicted octanol–water partition coefficient (Wildman–Crippen LogP) is 3.10. The highest BCUT2D eigenvalue weighted by atomic mass is 16.7. The van der Waals surface area contributed by atoms with Crippen molar-refractivity contribution >= 4 is 5.91 Å². The van der Waals surface area contributed by atoms with E-state index in [0.717, 1.165) is 46.6 Å². The van der Waals surface area contributed by atoms with Gasteiger partial charge in [-0.25, -0.2) is 0 Å². The first kappa shape index (κ1) is 16.3.